The van der Waals surface area contributed by atoms with Crippen molar-refractivity contribution < 1.29 is 19.1 Å². The molecule has 1 atom stereocenters. The van der Waals surface area contributed by atoms with E-state index in [1.165, 1.54) is 0 Å². The number of alkyl carbamates (subject to hydrolysis) is 1. The van der Waals surface area contributed by atoms with E-state index in [1.807, 2.05) is 13.8 Å². The lowest BCUT2D eigenvalue weighted by molar-refractivity contribution is -0.123. The Morgan fingerprint density at radius 1 is 1.29 bits per heavy atom. The summed E-state index contributed by atoms with van der Waals surface area (Å²) in [4.78, 5) is 35.2. The van der Waals surface area contributed by atoms with Gasteiger partial charge in [0.25, 0.3) is 0 Å². The monoisotopic (exact) mass is 355 g/mol. The Morgan fingerprint density at radius 3 is 2.54 bits per heavy atom. The fourth-order valence-corrected chi connectivity index (χ4v) is 1.96. The van der Waals surface area contributed by atoms with Gasteiger partial charge in [-0.1, -0.05) is 31.5 Å². The molecule has 0 bridgehead atoms. The molecule has 1 aromatic carbocycles. The van der Waals surface area contributed by atoms with E-state index in [1.54, 1.807) is 25.1 Å². The smallest absolute Gasteiger partial charge is 0.407 e. The average Bonchev–Trinajstić information content (AvgIpc) is 2.47. The number of rotatable bonds is 7. The van der Waals surface area contributed by atoms with Gasteiger partial charge in [-0.05, 0) is 30.5 Å². The number of halogens is 1. The largest absolute Gasteiger partial charge is 0.449 e. The molecule has 0 aliphatic rings. The molecule has 0 saturated heterocycles. The summed E-state index contributed by atoms with van der Waals surface area (Å²) in [5.74, 6) is -1.16. The second kappa shape index (κ2) is 9.12. The third kappa shape index (κ3) is 6.87. The molecule has 0 fully saturated rings. The number of hydrogen-bond donors (Lipinski definition) is 3. The van der Waals surface area contributed by atoms with Crippen LogP contribution in [0.25, 0.3) is 0 Å². The molecule has 0 spiro atoms. The van der Waals surface area contributed by atoms with Crippen LogP contribution in [0.1, 0.15) is 25.8 Å². The Labute approximate surface area is 145 Å². The molecule has 0 aliphatic heterocycles. The molecule has 3 amide bonds. The van der Waals surface area contributed by atoms with E-state index in [9.17, 15) is 14.4 Å². The summed E-state index contributed by atoms with van der Waals surface area (Å²) < 4.78 is 4.96. The molecule has 0 aromatic heterocycles. The number of carbonyl (C=O) groups is 3. The maximum absolute atomic E-state index is 12.4. The Kier molecular flexibility index (Phi) is 7.51. The van der Waals surface area contributed by atoms with Crippen molar-refractivity contribution in [3.05, 3.63) is 28.8 Å². The lowest BCUT2D eigenvalue weighted by Crippen LogP contribution is -2.46. The second-order valence-electron chi connectivity index (χ2n) is 5.81. The number of nitrogens with two attached hydrogens (primary N) is 1. The summed E-state index contributed by atoms with van der Waals surface area (Å²) in [5, 5.41) is 5.43. The summed E-state index contributed by atoms with van der Waals surface area (Å²) in [6.45, 7) is 5.75. The molecule has 0 saturated carbocycles. The minimum atomic E-state index is -1.14. The topological polar surface area (TPSA) is 111 Å². The fraction of sp³-hybridized carbons (Fsp3) is 0.438. The molecule has 1 aromatic rings. The zero-order valence-electron chi connectivity index (χ0n) is 13.9. The van der Waals surface area contributed by atoms with Crippen LogP contribution in [0.15, 0.2) is 18.2 Å². The molecule has 24 heavy (non-hydrogen) atoms. The van der Waals surface area contributed by atoms with Gasteiger partial charge in [0.15, 0.2) is 0 Å². The number of anilines is 1. The second-order valence-corrected chi connectivity index (χ2v) is 6.24. The summed E-state index contributed by atoms with van der Waals surface area (Å²) >= 11 is 5.90. The third-order valence-electron chi connectivity index (χ3n) is 3.02. The molecule has 132 valence electrons. The van der Waals surface area contributed by atoms with Gasteiger partial charge >= 0.3 is 6.09 Å². The van der Waals surface area contributed by atoms with Crippen molar-refractivity contribution in [2.24, 2.45) is 11.7 Å². The first-order valence-electron chi connectivity index (χ1n) is 7.47. The van der Waals surface area contributed by atoms with Crippen molar-refractivity contribution in [1.29, 1.82) is 0 Å². The van der Waals surface area contributed by atoms with Crippen LogP contribution < -0.4 is 16.4 Å². The van der Waals surface area contributed by atoms with Gasteiger partial charge in [0.1, 0.15) is 6.04 Å². The number of nitrogens with one attached hydrogen (secondary N) is 2. The number of ether oxygens (including phenoxy) is 1. The van der Waals surface area contributed by atoms with Crippen LogP contribution in [-0.2, 0) is 14.3 Å². The highest BCUT2D eigenvalue weighted by atomic mass is 35.5. The van der Waals surface area contributed by atoms with Gasteiger partial charge in [0.2, 0.25) is 11.8 Å². The standard InChI is InChI=1S/C16H22ClN3O4/c1-9(2)8-24-16(23)20-13(7-14(18)21)15(22)19-12-6-11(17)5-4-10(12)3/h4-6,9,13H,7-8H2,1-3H3,(H2,18,21)(H,19,22)(H,20,23)/t13-/m1/s1. The molecule has 0 heterocycles. The lowest BCUT2D eigenvalue weighted by atomic mass is 10.1. The van der Waals surface area contributed by atoms with Crippen molar-refractivity contribution in [3.63, 3.8) is 0 Å². The Bertz CT molecular complexity index is 619. The van der Waals surface area contributed by atoms with E-state index < -0.39 is 23.9 Å². The zero-order valence-corrected chi connectivity index (χ0v) is 14.6. The Balaban J connectivity index is 2.79. The van der Waals surface area contributed by atoms with Gasteiger partial charge in [0.05, 0.1) is 13.0 Å². The molecular weight excluding hydrogens is 334 g/mol. The predicted octanol–water partition coefficient (Wildman–Crippen LogP) is 2.21. The van der Waals surface area contributed by atoms with Crippen molar-refractivity contribution >= 4 is 35.2 Å². The Morgan fingerprint density at radius 2 is 1.96 bits per heavy atom. The van der Waals surface area contributed by atoms with E-state index in [0.29, 0.717) is 10.7 Å². The van der Waals surface area contributed by atoms with Gasteiger partial charge in [0, 0.05) is 10.7 Å². The molecule has 7 nitrogen and oxygen atoms in total. The number of primary amides is 1. The SMILES string of the molecule is Cc1ccc(Cl)cc1NC(=O)[C@@H](CC(N)=O)NC(=O)OCC(C)C. The maximum atomic E-state index is 12.4. The van der Waals surface area contributed by atoms with Gasteiger partial charge in [-0.15, -0.1) is 0 Å². The zero-order chi connectivity index (χ0) is 18.3. The first kappa shape index (κ1) is 19.8. The fourth-order valence-electron chi connectivity index (χ4n) is 1.79. The molecular formula is C16H22ClN3O4. The molecule has 0 radical (unpaired) electrons. The highest BCUT2D eigenvalue weighted by Crippen LogP contribution is 2.20. The highest BCUT2D eigenvalue weighted by Gasteiger charge is 2.24. The number of benzene rings is 1. The minimum absolute atomic E-state index is 0.147. The summed E-state index contributed by atoms with van der Waals surface area (Å²) in [5.41, 5.74) is 6.41. The van der Waals surface area contributed by atoms with Gasteiger partial charge < -0.3 is 21.1 Å². The number of aryl methyl sites for hydroxylation is 1. The van der Waals surface area contributed by atoms with Crippen molar-refractivity contribution in [3.8, 4) is 0 Å². The van der Waals surface area contributed by atoms with E-state index in [0.717, 1.165) is 5.56 Å². The van der Waals surface area contributed by atoms with E-state index >= 15 is 0 Å². The molecule has 0 aliphatic carbocycles. The van der Waals surface area contributed by atoms with Crippen LogP contribution in [0.2, 0.25) is 5.02 Å². The minimum Gasteiger partial charge on any atom is -0.449 e. The normalized spacial score (nSPS) is 11.7. The van der Waals surface area contributed by atoms with Crippen LogP contribution in [-0.4, -0.2) is 30.6 Å². The first-order valence-corrected chi connectivity index (χ1v) is 7.85. The summed E-state index contributed by atoms with van der Waals surface area (Å²) in [6, 6.07) is 3.87. The van der Waals surface area contributed by atoms with Gasteiger partial charge in [-0.25, -0.2) is 4.79 Å². The molecule has 1 rings (SSSR count). The van der Waals surface area contributed by atoms with Crippen LogP contribution in [0.4, 0.5) is 10.5 Å². The third-order valence-corrected chi connectivity index (χ3v) is 3.25. The van der Waals surface area contributed by atoms with Gasteiger partial charge in [-0.2, -0.15) is 0 Å². The van der Waals surface area contributed by atoms with Crippen molar-refractivity contribution in [2.45, 2.75) is 33.2 Å². The van der Waals surface area contributed by atoms with Crippen LogP contribution in [0, 0.1) is 12.8 Å². The first-order chi connectivity index (χ1) is 11.2. The van der Waals surface area contributed by atoms with E-state index in [4.69, 9.17) is 22.1 Å². The number of carbonyl (C=O) groups excluding carboxylic acids is 3. The summed E-state index contributed by atoms with van der Waals surface area (Å²) in [6.07, 6.45) is -1.13. The number of amides is 3. The quantitative estimate of drug-likeness (QED) is 0.696. The predicted molar refractivity (Wildman–Crippen MR) is 91.7 cm³/mol. The average molecular weight is 356 g/mol. The van der Waals surface area contributed by atoms with Crippen LogP contribution >= 0.6 is 11.6 Å². The number of hydrogen-bond acceptors (Lipinski definition) is 4. The van der Waals surface area contributed by atoms with Crippen molar-refractivity contribution in [2.75, 3.05) is 11.9 Å². The molecule has 8 heteroatoms. The van der Waals surface area contributed by atoms with Gasteiger partial charge in [-0.3, -0.25) is 9.59 Å². The lowest BCUT2D eigenvalue weighted by Gasteiger charge is -2.18. The van der Waals surface area contributed by atoms with Crippen LogP contribution in [0.5, 0.6) is 0 Å². The van der Waals surface area contributed by atoms with E-state index in [2.05, 4.69) is 10.6 Å². The van der Waals surface area contributed by atoms with Crippen molar-refractivity contribution in [1.82, 2.24) is 5.32 Å². The van der Waals surface area contributed by atoms with Crippen LogP contribution in [0.3, 0.4) is 0 Å². The highest BCUT2D eigenvalue weighted by molar-refractivity contribution is 6.31. The Hall–Kier alpha value is -2.28. The maximum Gasteiger partial charge on any atom is 0.407 e. The van der Waals surface area contributed by atoms with E-state index in [-0.39, 0.29) is 18.9 Å². The molecule has 0 unspecified atom stereocenters. The summed E-state index contributed by atoms with van der Waals surface area (Å²) in [7, 11) is 0. The molecule has 4 N–H and O–H groups in total.